The lowest BCUT2D eigenvalue weighted by molar-refractivity contribution is -0.869. The molecule has 0 unspecified atom stereocenters. The lowest BCUT2D eigenvalue weighted by Crippen LogP contribution is -3.00. The third kappa shape index (κ3) is 5.42. The van der Waals surface area contributed by atoms with Crippen LogP contribution >= 0.6 is 0 Å². The van der Waals surface area contributed by atoms with Crippen LogP contribution in [-0.2, 0) is 11.2 Å². The second kappa shape index (κ2) is 8.37. The van der Waals surface area contributed by atoms with E-state index in [9.17, 15) is 9.90 Å². The number of aromatic hydroxyl groups is 1. The molecule has 1 amide bonds. The summed E-state index contributed by atoms with van der Waals surface area (Å²) in [6.45, 7) is 1.48. The van der Waals surface area contributed by atoms with Gasteiger partial charge in [0.25, 0.3) is 0 Å². The number of amides is 1. The Morgan fingerprint density at radius 3 is 2.33 bits per heavy atom. The van der Waals surface area contributed by atoms with Gasteiger partial charge in [0.2, 0.25) is 5.91 Å². The first-order valence-electron chi connectivity index (χ1n) is 8.53. The van der Waals surface area contributed by atoms with Gasteiger partial charge >= 0.3 is 0 Å². The molecule has 0 radical (unpaired) electrons. The van der Waals surface area contributed by atoms with E-state index < -0.39 is 0 Å². The molecular weight excluding hydrogens is 366 g/mol. The predicted octanol–water partition coefficient (Wildman–Crippen LogP) is -1.50. The summed E-state index contributed by atoms with van der Waals surface area (Å²) in [5.41, 5.74) is 2.74. The van der Waals surface area contributed by atoms with Gasteiger partial charge in [0.1, 0.15) is 22.5 Å². The number of quaternary nitrogens is 1. The Hall–Kier alpha value is -2.64. The molecule has 1 aromatic heterocycles. The summed E-state index contributed by atoms with van der Waals surface area (Å²) in [6.07, 6.45) is 0.241. The fraction of sp³-hybridized carbons (Fsp3) is 0.316. The van der Waals surface area contributed by atoms with Crippen molar-refractivity contribution >= 4 is 16.9 Å². The van der Waals surface area contributed by atoms with E-state index >= 15 is 0 Å². The summed E-state index contributed by atoms with van der Waals surface area (Å²) >= 11 is 0. The lowest BCUT2D eigenvalue weighted by Gasteiger charge is -2.23. The number of hydrogen-bond donors (Lipinski definition) is 2. The maximum atomic E-state index is 12.2. The van der Waals surface area contributed by atoms with E-state index in [4.69, 9.17) is 0 Å². The van der Waals surface area contributed by atoms with Crippen molar-refractivity contribution in [3.8, 4) is 11.4 Å². The van der Waals surface area contributed by atoms with E-state index in [-0.39, 0.29) is 30.5 Å². The quantitative estimate of drug-likeness (QED) is 0.503. The fourth-order valence-electron chi connectivity index (χ4n) is 2.59. The van der Waals surface area contributed by atoms with Crippen LogP contribution in [0, 0.1) is 0 Å². The number of likely N-dealkylation sites (N-methyl/N-ethyl adjacent to an activating group) is 1. The molecule has 2 aromatic carbocycles. The molecule has 8 heteroatoms. The van der Waals surface area contributed by atoms with E-state index in [1.807, 2.05) is 24.3 Å². The standard InChI is InChI=1S/C19H23N5O2.ClH/c1-24(2,3)11-10-20-19(26)13-14-8-9-18(25)17(12-14)23-21-15-6-4-5-7-16(15)22-23;/h4-9,12H,10-11,13H2,1-3H3,(H-,20,25,26);1H. The molecule has 1 heterocycles. The number of hydrogen-bond acceptors (Lipinski definition) is 4. The SMILES string of the molecule is C[N+](C)(C)CCNC(=O)Cc1ccc(O)c(-n2nc3ccccc3n2)c1.[Cl-]. The summed E-state index contributed by atoms with van der Waals surface area (Å²) in [6, 6.07) is 12.5. The number of phenolic OH excluding ortho intramolecular Hbond substituents is 1. The smallest absolute Gasteiger partial charge is 0.224 e. The number of aromatic nitrogens is 3. The van der Waals surface area contributed by atoms with Crippen molar-refractivity contribution in [1.82, 2.24) is 20.3 Å². The Balaban J connectivity index is 0.00000261. The first-order valence-corrected chi connectivity index (χ1v) is 8.53. The minimum Gasteiger partial charge on any atom is -1.00 e. The van der Waals surface area contributed by atoms with Gasteiger partial charge in [0, 0.05) is 0 Å². The van der Waals surface area contributed by atoms with Crippen LogP contribution in [0.3, 0.4) is 0 Å². The molecule has 0 aliphatic heterocycles. The number of fused-ring (bicyclic) bond motifs is 1. The predicted molar refractivity (Wildman–Crippen MR) is 100 cm³/mol. The molecule has 0 spiro atoms. The molecule has 144 valence electrons. The third-order valence-electron chi connectivity index (χ3n) is 4.01. The van der Waals surface area contributed by atoms with Crippen molar-refractivity contribution in [1.29, 1.82) is 0 Å². The number of phenols is 1. The highest BCUT2D eigenvalue weighted by Gasteiger charge is 2.12. The van der Waals surface area contributed by atoms with Crippen LogP contribution in [0.1, 0.15) is 5.56 Å². The fourth-order valence-corrected chi connectivity index (χ4v) is 2.59. The molecule has 27 heavy (non-hydrogen) atoms. The summed E-state index contributed by atoms with van der Waals surface area (Å²) in [5.74, 6) is 0.0215. The molecule has 0 bridgehead atoms. The van der Waals surface area contributed by atoms with Gasteiger partial charge in [-0.3, -0.25) is 4.79 Å². The van der Waals surface area contributed by atoms with E-state index in [0.717, 1.165) is 27.6 Å². The van der Waals surface area contributed by atoms with Crippen molar-refractivity contribution in [3.63, 3.8) is 0 Å². The van der Waals surface area contributed by atoms with Crippen LogP contribution in [0.25, 0.3) is 16.7 Å². The normalized spacial score (nSPS) is 11.2. The molecule has 0 atom stereocenters. The maximum absolute atomic E-state index is 12.2. The van der Waals surface area contributed by atoms with Gasteiger partial charge in [-0.25, -0.2) is 0 Å². The van der Waals surface area contributed by atoms with Crippen molar-refractivity contribution < 1.29 is 26.8 Å². The number of nitrogens with zero attached hydrogens (tertiary/aromatic N) is 4. The van der Waals surface area contributed by atoms with Crippen molar-refractivity contribution in [2.75, 3.05) is 34.2 Å². The van der Waals surface area contributed by atoms with Crippen molar-refractivity contribution in [2.45, 2.75) is 6.42 Å². The molecule has 7 nitrogen and oxygen atoms in total. The number of benzene rings is 2. The third-order valence-corrected chi connectivity index (χ3v) is 4.01. The Morgan fingerprint density at radius 2 is 1.74 bits per heavy atom. The van der Waals surface area contributed by atoms with Gasteiger partial charge in [-0.15, -0.1) is 15.0 Å². The van der Waals surface area contributed by atoms with Gasteiger partial charge in [0.05, 0.1) is 40.7 Å². The average Bonchev–Trinajstić information content (AvgIpc) is 2.99. The van der Waals surface area contributed by atoms with Crippen LogP contribution in [0.2, 0.25) is 0 Å². The monoisotopic (exact) mass is 389 g/mol. The Bertz CT molecular complexity index is 900. The molecule has 0 aliphatic carbocycles. The van der Waals surface area contributed by atoms with Crippen LogP contribution in [0.4, 0.5) is 0 Å². The second-order valence-electron chi connectivity index (χ2n) is 7.34. The van der Waals surface area contributed by atoms with Crippen LogP contribution in [0.5, 0.6) is 5.75 Å². The molecule has 0 fully saturated rings. The van der Waals surface area contributed by atoms with Gasteiger partial charge in [-0.2, -0.15) is 0 Å². The molecular formula is C19H24ClN5O2. The first-order chi connectivity index (χ1) is 12.3. The largest absolute Gasteiger partial charge is 1.00 e. The molecule has 3 rings (SSSR count). The topological polar surface area (TPSA) is 80.0 Å². The average molecular weight is 390 g/mol. The van der Waals surface area contributed by atoms with Gasteiger partial charge in [0.15, 0.2) is 0 Å². The minimum atomic E-state index is -0.0475. The highest BCUT2D eigenvalue weighted by molar-refractivity contribution is 5.79. The Labute approximate surface area is 164 Å². The number of nitrogens with one attached hydrogen (secondary N) is 1. The van der Waals surface area contributed by atoms with Crippen LogP contribution in [0.15, 0.2) is 42.5 Å². The second-order valence-corrected chi connectivity index (χ2v) is 7.34. The molecule has 0 aliphatic rings. The zero-order chi connectivity index (χ0) is 18.7. The number of rotatable bonds is 6. The summed E-state index contributed by atoms with van der Waals surface area (Å²) in [4.78, 5) is 13.6. The lowest BCUT2D eigenvalue weighted by atomic mass is 10.1. The zero-order valence-electron chi connectivity index (χ0n) is 15.7. The maximum Gasteiger partial charge on any atom is 0.224 e. The molecule has 0 saturated heterocycles. The number of carbonyl (C=O) groups excluding carboxylic acids is 1. The number of halogens is 1. The van der Waals surface area contributed by atoms with E-state index in [0.29, 0.717) is 12.2 Å². The van der Waals surface area contributed by atoms with Gasteiger partial charge in [-0.1, -0.05) is 18.2 Å². The zero-order valence-corrected chi connectivity index (χ0v) is 16.4. The van der Waals surface area contributed by atoms with E-state index in [2.05, 4.69) is 36.7 Å². The highest BCUT2D eigenvalue weighted by atomic mass is 35.5. The van der Waals surface area contributed by atoms with Crippen LogP contribution in [-0.4, -0.2) is 64.7 Å². The molecule has 0 saturated carbocycles. The first kappa shape index (κ1) is 20.7. The summed E-state index contributed by atoms with van der Waals surface area (Å²) < 4.78 is 0.794. The Morgan fingerprint density at radius 1 is 1.11 bits per heavy atom. The van der Waals surface area contributed by atoms with Crippen molar-refractivity contribution in [3.05, 3.63) is 48.0 Å². The van der Waals surface area contributed by atoms with Gasteiger partial charge < -0.3 is 27.3 Å². The number of carbonyl (C=O) groups is 1. The van der Waals surface area contributed by atoms with E-state index in [1.54, 1.807) is 18.2 Å². The summed E-state index contributed by atoms with van der Waals surface area (Å²) in [7, 11) is 6.25. The molecule has 3 aromatic rings. The minimum absolute atomic E-state index is 0. The molecule has 2 N–H and O–H groups in total. The highest BCUT2D eigenvalue weighted by Crippen LogP contribution is 2.23. The summed E-state index contributed by atoms with van der Waals surface area (Å²) in [5, 5.41) is 21.9. The van der Waals surface area contributed by atoms with Gasteiger partial charge in [-0.05, 0) is 29.8 Å². The Kier molecular flexibility index (Phi) is 6.41. The van der Waals surface area contributed by atoms with Crippen LogP contribution < -0.4 is 17.7 Å². The van der Waals surface area contributed by atoms with E-state index in [1.165, 1.54) is 4.80 Å². The van der Waals surface area contributed by atoms with Crippen molar-refractivity contribution in [2.24, 2.45) is 0 Å².